The molecular weight excluding hydrogens is 129 g/mol. The monoisotopic (exact) mass is 137 g/mol. The highest BCUT2D eigenvalue weighted by Crippen LogP contribution is 2.44. The molecule has 0 spiro atoms. The van der Waals surface area contributed by atoms with Gasteiger partial charge >= 0.3 is 7.75 Å². The van der Waals surface area contributed by atoms with Crippen LogP contribution in [0.3, 0.4) is 0 Å². The van der Waals surface area contributed by atoms with Crippen LogP contribution in [-0.4, -0.2) is 20.3 Å². The van der Waals surface area contributed by atoms with Gasteiger partial charge in [-0.05, 0) is 0 Å². The molecule has 1 aliphatic rings. The quantitative estimate of drug-likeness (QED) is 0.530. The Bertz CT molecular complexity index is 116. The van der Waals surface area contributed by atoms with Crippen molar-refractivity contribution in [2.45, 2.75) is 0 Å². The molecule has 0 aromatic carbocycles. The van der Waals surface area contributed by atoms with Crippen LogP contribution in [0.1, 0.15) is 0 Å². The first-order valence-corrected chi connectivity index (χ1v) is 3.86. The fraction of sp³-hybridized carbons (Fsp3) is 1.00. The number of hydrogen-bond acceptors (Lipinski definition) is 3. The normalized spacial score (nSPS) is 38.1. The Morgan fingerprint density at radius 3 is 2.88 bits per heavy atom. The van der Waals surface area contributed by atoms with E-state index in [1.54, 1.807) is 0 Å². The van der Waals surface area contributed by atoms with Crippen molar-refractivity contribution in [3.05, 3.63) is 0 Å². The highest BCUT2D eigenvalue weighted by atomic mass is 31.2. The average molecular weight is 137 g/mol. The number of nitrogens with one attached hydrogen (secondary N) is 1. The Morgan fingerprint density at radius 1 is 1.88 bits per heavy atom. The lowest BCUT2D eigenvalue weighted by atomic mass is 10.8. The fourth-order valence-corrected chi connectivity index (χ4v) is 1.53. The van der Waals surface area contributed by atoms with Gasteiger partial charge in [0, 0.05) is 13.7 Å². The van der Waals surface area contributed by atoms with Crippen LogP contribution in [0.2, 0.25) is 0 Å². The third kappa shape index (κ3) is 1.09. The van der Waals surface area contributed by atoms with Gasteiger partial charge in [-0.15, -0.1) is 0 Å². The minimum Gasteiger partial charge on any atom is -0.300 e. The van der Waals surface area contributed by atoms with Gasteiger partial charge in [0.2, 0.25) is 0 Å². The molecule has 1 unspecified atom stereocenters. The molecule has 1 aliphatic heterocycles. The molecule has 4 nitrogen and oxygen atoms in total. The zero-order valence-electron chi connectivity index (χ0n) is 4.59. The maximum Gasteiger partial charge on any atom is 0.405 e. The van der Waals surface area contributed by atoms with Gasteiger partial charge in [0.1, 0.15) is 0 Å². The average Bonchev–Trinajstić information content (AvgIpc) is 2.17. The molecule has 0 aromatic heterocycles. The van der Waals surface area contributed by atoms with E-state index in [1.807, 2.05) is 0 Å². The fourth-order valence-electron chi connectivity index (χ4n) is 0.511. The summed E-state index contributed by atoms with van der Waals surface area (Å²) in [6, 6.07) is 0. The maximum absolute atomic E-state index is 10.8. The second-order valence-corrected chi connectivity index (χ2v) is 3.36. The summed E-state index contributed by atoms with van der Waals surface area (Å²) >= 11 is 0. The number of rotatable bonds is 1. The highest BCUT2D eigenvalue weighted by Gasteiger charge is 2.26. The van der Waals surface area contributed by atoms with Gasteiger partial charge in [-0.3, -0.25) is 4.52 Å². The third-order valence-electron chi connectivity index (χ3n) is 0.909. The Labute approximate surface area is 47.8 Å². The molecule has 0 aliphatic carbocycles. The van der Waals surface area contributed by atoms with Crippen LogP contribution >= 0.6 is 7.75 Å². The van der Waals surface area contributed by atoms with Crippen LogP contribution in [0.25, 0.3) is 0 Å². The van der Waals surface area contributed by atoms with Gasteiger partial charge in [0.15, 0.2) is 0 Å². The van der Waals surface area contributed by atoms with E-state index < -0.39 is 7.75 Å². The summed E-state index contributed by atoms with van der Waals surface area (Å²) in [5.41, 5.74) is 0. The molecule has 1 fully saturated rings. The van der Waals surface area contributed by atoms with Crippen LogP contribution in [0.15, 0.2) is 0 Å². The molecule has 1 N–H and O–H groups in total. The summed E-state index contributed by atoms with van der Waals surface area (Å²) in [6.45, 7) is 1.09. The molecule has 0 radical (unpaired) electrons. The van der Waals surface area contributed by atoms with Crippen LogP contribution in [0, 0.1) is 0 Å². The standard InChI is InChI=1S/C3H8NO3P/c1-6-8(5)4-2-3-7-8/h2-3H2,1H3,(H,4,5). The SMILES string of the molecule is COP1(=O)NCCO1. The smallest absolute Gasteiger partial charge is 0.300 e. The summed E-state index contributed by atoms with van der Waals surface area (Å²) < 4.78 is 20.1. The third-order valence-corrected chi connectivity index (χ3v) is 2.52. The molecule has 1 heterocycles. The van der Waals surface area contributed by atoms with Crippen LogP contribution < -0.4 is 5.09 Å². The van der Waals surface area contributed by atoms with E-state index in [9.17, 15) is 4.57 Å². The van der Waals surface area contributed by atoms with E-state index in [4.69, 9.17) is 4.52 Å². The molecular formula is C3H8NO3P. The molecule has 0 aromatic rings. The molecule has 0 saturated carbocycles. The van der Waals surface area contributed by atoms with Crippen LogP contribution in [0.5, 0.6) is 0 Å². The molecule has 1 atom stereocenters. The van der Waals surface area contributed by atoms with Gasteiger partial charge in [0.05, 0.1) is 6.61 Å². The second kappa shape index (κ2) is 2.15. The van der Waals surface area contributed by atoms with Crippen molar-refractivity contribution in [2.24, 2.45) is 0 Å². The lowest BCUT2D eigenvalue weighted by Gasteiger charge is -2.04. The molecule has 0 bridgehead atoms. The van der Waals surface area contributed by atoms with E-state index in [0.717, 1.165) is 0 Å². The van der Waals surface area contributed by atoms with E-state index >= 15 is 0 Å². The largest absolute Gasteiger partial charge is 0.405 e. The number of hydrogen-bond donors (Lipinski definition) is 1. The zero-order valence-corrected chi connectivity index (χ0v) is 5.48. The van der Waals surface area contributed by atoms with Crippen molar-refractivity contribution < 1.29 is 13.6 Å². The molecule has 0 amide bonds. The van der Waals surface area contributed by atoms with Gasteiger partial charge in [-0.25, -0.2) is 9.65 Å². The first-order chi connectivity index (χ1) is 3.77. The van der Waals surface area contributed by atoms with Crippen molar-refractivity contribution in [1.82, 2.24) is 5.09 Å². The summed E-state index contributed by atoms with van der Waals surface area (Å²) in [5.74, 6) is 0. The summed E-state index contributed by atoms with van der Waals surface area (Å²) in [6.07, 6.45) is 0. The summed E-state index contributed by atoms with van der Waals surface area (Å²) in [7, 11) is -1.44. The van der Waals surface area contributed by atoms with Crippen LogP contribution in [0.4, 0.5) is 0 Å². The van der Waals surface area contributed by atoms with E-state index in [0.29, 0.717) is 13.2 Å². The molecule has 1 saturated heterocycles. The molecule has 5 heteroatoms. The lowest BCUT2D eigenvalue weighted by molar-refractivity contribution is 0.266. The lowest BCUT2D eigenvalue weighted by Crippen LogP contribution is -2.03. The van der Waals surface area contributed by atoms with Crippen LogP contribution in [-0.2, 0) is 13.6 Å². The minimum absolute atomic E-state index is 0.477. The zero-order chi connectivity index (χ0) is 6.04. The maximum atomic E-state index is 10.8. The van der Waals surface area contributed by atoms with E-state index in [2.05, 4.69) is 9.61 Å². The van der Waals surface area contributed by atoms with Crippen molar-refractivity contribution in [3.63, 3.8) is 0 Å². The van der Waals surface area contributed by atoms with E-state index in [-0.39, 0.29) is 0 Å². The van der Waals surface area contributed by atoms with Gasteiger partial charge in [-0.2, -0.15) is 0 Å². The predicted octanol–water partition coefficient (Wildman–Crippen LogP) is 0.361. The molecule has 1 rings (SSSR count). The topological polar surface area (TPSA) is 47.6 Å². The minimum atomic E-state index is -2.80. The summed E-state index contributed by atoms with van der Waals surface area (Å²) in [5, 5.41) is 2.59. The molecule has 8 heavy (non-hydrogen) atoms. The second-order valence-electron chi connectivity index (χ2n) is 1.42. The Hall–Kier alpha value is 0.110. The van der Waals surface area contributed by atoms with Crippen molar-refractivity contribution in [2.75, 3.05) is 20.3 Å². The highest BCUT2D eigenvalue weighted by molar-refractivity contribution is 7.51. The summed E-state index contributed by atoms with van der Waals surface area (Å²) in [4.78, 5) is 0. The Kier molecular flexibility index (Phi) is 1.68. The van der Waals surface area contributed by atoms with Gasteiger partial charge < -0.3 is 4.52 Å². The van der Waals surface area contributed by atoms with Crippen molar-refractivity contribution in [3.8, 4) is 0 Å². The first kappa shape index (κ1) is 6.23. The van der Waals surface area contributed by atoms with Crippen molar-refractivity contribution >= 4 is 7.75 Å². The molecule has 48 valence electrons. The first-order valence-electron chi connectivity index (χ1n) is 2.32. The van der Waals surface area contributed by atoms with Crippen molar-refractivity contribution in [1.29, 1.82) is 0 Å². The van der Waals surface area contributed by atoms with Gasteiger partial charge in [-0.1, -0.05) is 0 Å². The van der Waals surface area contributed by atoms with Gasteiger partial charge in [0.25, 0.3) is 0 Å². The predicted molar refractivity (Wildman–Crippen MR) is 28.6 cm³/mol. The van der Waals surface area contributed by atoms with E-state index in [1.165, 1.54) is 7.11 Å². The Morgan fingerprint density at radius 2 is 2.62 bits per heavy atom. The Balaban J connectivity index is 2.53.